The smallest absolute Gasteiger partial charge is 0.224 e. The van der Waals surface area contributed by atoms with E-state index in [-0.39, 0.29) is 24.2 Å². The number of amides is 1. The van der Waals surface area contributed by atoms with Gasteiger partial charge in [-0.3, -0.25) is 9.89 Å². The first-order chi connectivity index (χ1) is 10.1. The molecule has 1 unspecified atom stereocenters. The molecule has 1 heterocycles. The fraction of sp³-hybridized carbons (Fsp3) is 0.214. The van der Waals surface area contributed by atoms with Crippen molar-refractivity contribution in [1.82, 2.24) is 15.5 Å². The number of oxime groups is 1. The van der Waals surface area contributed by atoms with E-state index in [9.17, 15) is 4.79 Å². The summed E-state index contributed by atoms with van der Waals surface area (Å²) < 4.78 is 0. The van der Waals surface area contributed by atoms with Gasteiger partial charge in [0.1, 0.15) is 0 Å². The van der Waals surface area contributed by atoms with Gasteiger partial charge in [0.2, 0.25) is 5.91 Å². The standard InChI is InChI=1S/C14H17N5O2/c1-9(12-7-16-17-8-12)18-13(20)6-10-2-4-11(5-3-10)14(15)19-21/h2-5,7-9,21H,6H2,1H3,(H2,15,19)(H,16,17)(H,18,20). The second-order valence-corrected chi connectivity index (χ2v) is 4.68. The quantitative estimate of drug-likeness (QED) is 0.283. The van der Waals surface area contributed by atoms with Crippen molar-refractivity contribution >= 4 is 11.7 Å². The molecule has 0 bridgehead atoms. The average Bonchev–Trinajstić information content (AvgIpc) is 3.01. The van der Waals surface area contributed by atoms with E-state index < -0.39 is 0 Å². The van der Waals surface area contributed by atoms with Gasteiger partial charge in [-0.2, -0.15) is 5.10 Å². The zero-order valence-corrected chi connectivity index (χ0v) is 11.6. The number of hydrogen-bond acceptors (Lipinski definition) is 4. The number of aromatic amines is 1. The van der Waals surface area contributed by atoms with E-state index in [0.717, 1.165) is 11.1 Å². The van der Waals surface area contributed by atoms with Crippen LogP contribution in [0.4, 0.5) is 0 Å². The van der Waals surface area contributed by atoms with Crippen LogP contribution in [0.2, 0.25) is 0 Å². The van der Waals surface area contributed by atoms with Crippen molar-refractivity contribution in [2.75, 3.05) is 0 Å². The minimum Gasteiger partial charge on any atom is -0.409 e. The molecule has 0 aliphatic heterocycles. The number of nitrogens with zero attached hydrogens (tertiary/aromatic N) is 2. The fourth-order valence-corrected chi connectivity index (χ4v) is 1.91. The lowest BCUT2D eigenvalue weighted by atomic mass is 10.1. The van der Waals surface area contributed by atoms with Crippen molar-refractivity contribution in [3.05, 3.63) is 53.3 Å². The minimum atomic E-state index is -0.104. The van der Waals surface area contributed by atoms with Crippen LogP contribution in [0.15, 0.2) is 41.8 Å². The molecule has 1 atom stereocenters. The molecular formula is C14H17N5O2. The number of H-pyrrole nitrogens is 1. The summed E-state index contributed by atoms with van der Waals surface area (Å²) in [4.78, 5) is 12.0. The second kappa shape index (κ2) is 6.56. The largest absolute Gasteiger partial charge is 0.409 e. The van der Waals surface area contributed by atoms with Crippen LogP contribution in [0.5, 0.6) is 0 Å². The molecule has 1 aromatic heterocycles. The Balaban J connectivity index is 1.93. The summed E-state index contributed by atoms with van der Waals surface area (Å²) >= 11 is 0. The first-order valence-corrected chi connectivity index (χ1v) is 6.45. The maximum absolute atomic E-state index is 12.0. The van der Waals surface area contributed by atoms with Crippen molar-refractivity contribution in [2.45, 2.75) is 19.4 Å². The van der Waals surface area contributed by atoms with Crippen LogP contribution < -0.4 is 11.1 Å². The molecule has 110 valence electrons. The van der Waals surface area contributed by atoms with E-state index in [1.807, 2.05) is 6.92 Å². The number of hydrogen-bond donors (Lipinski definition) is 4. The number of rotatable bonds is 5. The van der Waals surface area contributed by atoms with Gasteiger partial charge in [-0.25, -0.2) is 0 Å². The topological polar surface area (TPSA) is 116 Å². The van der Waals surface area contributed by atoms with Gasteiger partial charge >= 0.3 is 0 Å². The highest BCUT2D eigenvalue weighted by Gasteiger charge is 2.11. The van der Waals surface area contributed by atoms with Crippen LogP contribution >= 0.6 is 0 Å². The Morgan fingerprint density at radius 1 is 1.48 bits per heavy atom. The van der Waals surface area contributed by atoms with Crippen molar-refractivity contribution in [2.24, 2.45) is 10.9 Å². The lowest BCUT2D eigenvalue weighted by Gasteiger charge is -2.12. The van der Waals surface area contributed by atoms with E-state index in [0.29, 0.717) is 5.56 Å². The number of amidine groups is 1. The molecule has 2 aromatic rings. The van der Waals surface area contributed by atoms with Crippen molar-refractivity contribution in [3.8, 4) is 0 Å². The normalized spacial score (nSPS) is 12.9. The van der Waals surface area contributed by atoms with Crippen molar-refractivity contribution in [1.29, 1.82) is 0 Å². The Hall–Kier alpha value is -2.83. The third kappa shape index (κ3) is 3.82. The van der Waals surface area contributed by atoms with Crippen LogP contribution in [-0.4, -0.2) is 27.1 Å². The van der Waals surface area contributed by atoms with E-state index in [1.165, 1.54) is 0 Å². The van der Waals surface area contributed by atoms with Gasteiger partial charge in [0.05, 0.1) is 18.7 Å². The number of aromatic nitrogens is 2. The Labute approximate surface area is 121 Å². The predicted octanol–water partition coefficient (Wildman–Crippen LogP) is 0.924. The molecule has 0 aliphatic rings. The van der Waals surface area contributed by atoms with Gasteiger partial charge in [0.25, 0.3) is 0 Å². The van der Waals surface area contributed by atoms with E-state index >= 15 is 0 Å². The number of nitrogens with one attached hydrogen (secondary N) is 2. The first-order valence-electron chi connectivity index (χ1n) is 6.45. The van der Waals surface area contributed by atoms with Gasteiger partial charge in [0.15, 0.2) is 5.84 Å². The highest BCUT2D eigenvalue weighted by atomic mass is 16.4. The molecule has 7 nitrogen and oxygen atoms in total. The molecule has 0 saturated heterocycles. The van der Waals surface area contributed by atoms with E-state index in [1.54, 1.807) is 36.7 Å². The Kier molecular flexibility index (Phi) is 4.55. The fourth-order valence-electron chi connectivity index (χ4n) is 1.91. The number of carbonyl (C=O) groups is 1. The molecule has 0 radical (unpaired) electrons. The highest BCUT2D eigenvalue weighted by molar-refractivity contribution is 5.97. The van der Waals surface area contributed by atoms with Gasteiger partial charge in [0, 0.05) is 17.3 Å². The summed E-state index contributed by atoms with van der Waals surface area (Å²) in [5.74, 6) is -0.0418. The van der Waals surface area contributed by atoms with Crippen molar-refractivity contribution < 1.29 is 10.0 Å². The molecule has 21 heavy (non-hydrogen) atoms. The third-order valence-electron chi connectivity index (χ3n) is 3.12. The summed E-state index contributed by atoms with van der Waals surface area (Å²) in [5.41, 5.74) is 7.85. The zero-order valence-electron chi connectivity index (χ0n) is 11.6. The van der Waals surface area contributed by atoms with Gasteiger partial charge in [-0.05, 0) is 12.5 Å². The van der Waals surface area contributed by atoms with Gasteiger partial charge in [-0.1, -0.05) is 29.4 Å². The molecule has 0 saturated carbocycles. The summed E-state index contributed by atoms with van der Waals surface area (Å²) in [6.45, 7) is 1.89. The van der Waals surface area contributed by atoms with E-state index in [2.05, 4.69) is 20.7 Å². The van der Waals surface area contributed by atoms with Gasteiger partial charge < -0.3 is 16.3 Å². The minimum absolute atomic E-state index is 0.0413. The summed E-state index contributed by atoms with van der Waals surface area (Å²) in [6.07, 6.45) is 3.69. The third-order valence-corrected chi connectivity index (χ3v) is 3.12. The zero-order chi connectivity index (χ0) is 15.2. The Morgan fingerprint density at radius 2 is 2.19 bits per heavy atom. The van der Waals surface area contributed by atoms with Crippen LogP contribution in [-0.2, 0) is 11.2 Å². The number of carbonyl (C=O) groups excluding carboxylic acids is 1. The predicted molar refractivity (Wildman–Crippen MR) is 77.8 cm³/mol. The molecule has 1 aromatic carbocycles. The summed E-state index contributed by atoms with van der Waals surface area (Å²) in [7, 11) is 0. The number of nitrogens with two attached hydrogens (primary N) is 1. The second-order valence-electron chi connectivity index (χ2n) is 4.68. The molecule has 2 rings (SSSR count). The van der Waals surface area contributed by atoms with Crippen LogP contribution in [0.3, 0.4) is 0 Å². The maximum Gasteiger partial charge on any atom is 0.224 e. The monoisotopic (exact) mass is 287 g/mol. The SMILES string of the molecule is CC(NC(=O)Cc1ccc(/C(N)=N/O)cc1)c1cn[nH]c1. The molecule has 5 N–H and O–H groups in total. The molecule has 0 spiro atoms. The highest BCUT2D eigenvalue weighted by Crippen LogP contribution is 2.10. The lowest BCUT2D eigenvalue weighted by molar-refractivity contribution is -0.121. The Morgan fingerprint density at radius 3 is 2.76 bits per heavy atom. The molecule has 7 heteroatoms. The number of benzene rings is 1. The molecule has 0 aliphatic carbocycles. The van der Waals surface area contributed by atoms with Crippen LogP contribution in [0.1, 0.15) is 29.7 Å². The maximum atomic E-state index is 12.0. The van der Waals surface area contributed by atoms with Crippen LogP contribution in [0, 0.1) is 0 Å². The summed E-state index contributed by atoms with van der Waals surface area (Å²) in [5, 5.41) is 21.0. The van der Waals surface area contributed by atoms with Gasteiger partial charge in [-0.15, -0.1) is 0 Å². The van der Waals surface area contributed by atoms with Crippen molar-refractivity contribution in [3.63, 3.8) is 0 Å². The lowest BCUT2D eigenvalue weighted by Crippen LogP contribution is -2.27. The van der Waals surface area contributed by atoms with Crippen LogP contribution in [0.25, 0.3) is 0 Å². The molecule has 1 amide bonds. The molecular weight excluding hydrogens is 270 g/mol. The molecule has 0 fully saturated rings. The van der Waals surface area contributed by atoms with E-state index in [4.69, 9.17) is 10.9 Å². The first kappa shape index (κ1) is 14.6. The summed E-state index contributed by atoms with van der Waals surface area (Å²) in [6, 6.07) is 6.85. The Bertz CT molecular complexity index is 619. The average molecular weight is 287 g/mol.